The number of phenolic OH excluding ortho intramolecular Hbond substituents is 1. The van der Waals surface area contributed by atoms with Gasteiger partial charge in [0.15, 0.2) is 11.4 Å². The minimum Gasteiger partial charge on any atom is -0.507 e. The number of rotatable bonds is 9. The molecule has 0 radical (unpaired) electrons. The molecule has 0 saturated heterocycles. The molecule has 12 nitrogen and oxygen atoms in total. The molecule has 0 spiro atoms. The smallest absolute Gasteiger partial charge is 0.265 e. The number of unbranched alkanes of at least 4 members (excludes halogenated alkanes) is 1. The summed E-state index contributed by atoms with van der Waals surface area (Å²) >= 11 is 0. The first-order valence-corrected chi connectivity index (χ1v) is 13.8. The van der Waals surface area contributed by atoms with Gasteiger partial charge in [-0.1, -0.05) is 13.3 Å². The van der Waals surface area contributed by atoms with Crippen LogP contribution in [0.25, 0.3) is 5.76 Å². The van der Waals surface area contributed by atoms with Crippen LogP contribution < -0.4 is 10.1 Å². The molecule has 1 heterocycles. The molecule has 1 saturated carbocycles. The second-order valence-electron chi connectivity index (χ2n) is 11.1. The van der Waals surface area contributed by atoms with Gasteiger partial charge in [-0.2, -0.15) is 0 Å². The van der Waals surface area contributed by atoms with E-state index in [-0.39, 0.29) is 66.5 Å². The Bertz CT molecular complexity index is 1480. The summed E-state index contributed by atoms with van der Waals surface area (Å²) in [6, 6.07) is 0.291. The number of phenols is 1. The molecule has 226 valence electrons. The Kier molecular flexibility index (Phi) is 7.86. The summed E-state index contributed by atoms with van der Waals surface area (Å²) in [7, 11) is 4.84. The number of halogens is 1. The summed E-state index contributed by atoms with van der Waals surface area (Å²) < 4.78 is 31.2. The number of aliphatic hydroxyl groups excluding tert-OH is 1. The van der Waals surface area contributed by atoms with Crippen LogP contribution in [0.4, 0.5) is 4.39 Å². The molecule has 0 aliphatic heterocycles. The number of nitrogens with one attached hydrogen (secondary N) is 1. The first-order chi connectivity index (χ1) is 20.0. The normalized spacial score (nSPS) is 24.7. The highest BCUT2D eigenvalue weighted by Gasteiger charge is 2.65. The molecule has 1 fully saturated rings. The lowest BCUT2D eigenvalue weighted by molar-refractivity contribution is -0.142. The second kappa shape index (κ2) is 11.1. The van der Waals surface area contributed by atoms with Crippen molar-refractivity contribution < 1.29 is 48.1 Å². The van der Waals surface area contributed by atoms with Crippen molar-refractivity contribution in [1.82, 2.24) is 15.4 Å². The minimum absolute atomic E-state index is 0.00603. The lowest BCUT2D eigenvalue weighted by Crippen LogP contribution is -2.63. The number of benzene rings is 1. The van der Waals surface area contributed by atoms with Gasteiger partial charge >= 0.3 is 0 Å². The Morgan fingerprint density at radius 2 is 1.98 bits per heavy atom. The van der Waals surface area contributed by atoms with Crippen molar-refractivity contribution in [1.29, 1.82) is 0 Å². The third-order valence-corrected chi connectivity index (χ3v) is 8.39. The average Bonchev–Trinajstić information content (AvgIpc) is 3.34. The van der Waals surface area contributed by atoms with Crippen molar-refractivity contribution in [3.63, 3.8) is 0 Å². The minimum atomic E-state index is -2.61. The van der Waals surface area contributed by atoms with Gasteiger partial charge in [-0.05, 0) is 56.1 Å². The average molecular weight is 588 g/mol. The van der Waals surface area contributed by atoms with Gasteiger partial charge in [0.1, 0.15) is 28.5 Å². The van der Waals surface area contributed by atoms with E-state index in [9.17, 15) is 29.7 Å². The molecule has 4 atom stereocenters. The maximum absolute atomic E-state index is 15.1. The monoisotopic (exact) mass is 587 g/mol. The van der Waals surface area contributed by atoms with Crippen LogP contribution in [-0.4, -0.2) is 89.4 Å². The van der Waals surface area contributed by atoms with Crippen LogP contribution in [0.3, 0.4) is 0 Å². The van der Waals surface area contributed by atoms with Crippen LogP contribution in [0.15, 0.2) is 16.2 Å². The van der Waals surface area contributed by atoms with E-state index < -0.39 is 63.8 Å². The molecule has 5 rings (SSSR count). The molecule has 1 aromatic carbocycles. The number of ether oxygens (including phenoxy) is 2. The topological polar surface area (TPSA) is 172 Å². The van der Waals surface area contributed by atoms with Crippen molar-refractivity contribution in [2.24, 2.45) is 11.8 Å². The molecular weight excluding hydrogens is 553 g/mol. The molecule has 3 aliphatic carbocycles. The number of nitrogens with zero attached hydrogens (tertiary/aromatic N) is 2. The molecule has 13 heteroatoms. The van der Waals surface area contributed by atoms with Crippen LogP contribution in [0.2, 0.25) is 0 Å². The molecule has 0 bridgehead atoms. The van der Waals surface area contributed by atoms with E-state index in [0.29, 0.717) is 6.42 Å². The molecule has 1 aromatic heterocycles. The first-order valence-electron chi connectivity index (χ1n) is 13.8. The van der Waals surface area contributed by atoms with Crippen molar-refractivity contribution in [3.05, 3.63) is 45.5 Å². The molecule has 4 N–H and O–H groups in total. The SMILES string of the molecule is CCCCOc1noc2c1C(=O)[C@@]1(O)C(=O)C3=C(O)c4c(cc(F)c(C(=O)NCCOC)c4O)C[C@H]3C[C@H]1[C@@H]2N(C)C. The van der Waals surface area contributed by atoms with E-state index in [1.807, 2.05) is 6.92 Å². The summed E-state index contributed by atoms with van der Waals surface area (Å²) in [6.45, 7) is 2.39. The zero-order valence-electron chi connectivity index (χ0n) is 23.8. The highest BCUT2D eigenvalue weighted by molar-refractivity contribution is 6.26. The largest absolute Gasteiger partial charge is 0.507 e. The predicted molar refractivity (Wildman–Crippen MR) is 145 cm³/mol. The number of carbonyl (C=O) groups is 3. The maximum atomic E-state index is 15.1. The fraction of sp³-hybridized carbons (Fsp3) is 0.517. The summed E-state index contributed by atoms with van der Waals surface area (Å²) in [6.07, 6.45) is 1.55. The predicted octanol–water partition coefficient (Wildman–Crippen LogP) is 2.34. The zero-order chi connectivity index (χ0) is 30.5. The zero-order valence-corrected chi connectivity index (χ0v) is 23.8. The fourth-order valence-corrected chi connectivity index (χ4v) is 6.43. The lowest BCUT2D eigenvalue weighted by atomic mass is 9.57. The third-order valence-electron chi connectivity index (χ3n) is 8.39. The van der Waals surface area contributed by atoms with Crippen LogP contribution in [0, 0.1) is 17.7 Å². The van der Waals surface area contributed by atoms with Gasteiger partial charge < -0.3 is 34.6 Å². The Morgan fingerprint density at radius 1 is 1.24 bits per heavy atom. The Hall–Kier alpha value is -3.81. The van der Waals surface area contributed by atoms with Crippen molar-refractivity contribution in [2.75, 3.05) is 41.0 Å². The van der Waals surface area contributed by atoms with Crippen molar-refractivity contribution in [2.45, 2.75) is 44.2 Å². The van der Waals surface area contributed by atoms with Crippen LogP contribution in [0.5, 0.6) is 11.6 Å². The molecule has 1 amide bonds. The lowest BCUT2D eigenvalue weighted by Gasteiger charge is -2.49. The number of aromatic hydroxyl groups is 1. The standard InChI is InChI=1S/C29H34FN3O9/c1-5-6-8-41-28-20-24(42-32-28)21(33(2)3)15-11-13-10-14-12-16(30)19(27(38)31-7-9-40-4)23(35)17(14)22(34)18(13)25(36)29(15,39)26(20)37/h12-13,15,21,34-35,39H,5-11H2,1-4H3,(H,31,38)/t13-,15-,21-,29-/m0/s1. The number of hydrogen-bond acceptors (Lipinski definition) is 11. The quantitative estimate of drug-likeness (QED) is 0.251. The van der Waals surface area contributed by atoms with E-state index in [0.717, 1.165) is 12.5 Å². The van der Waals surface area contributed by atoms with Crippen LogP contribution in [0.1, 0.15) is 69.8 Å². The van der Waals surface area contributed by atoms with Gasteiger partial charge in [-0.15, -0.1) is 0 Å². The van der Waals surface area contributed by atoms with Gasteiger partial charge in [-0.3, -0.25) is 19.3 Å². The molecule has 2 aromatic rings. The molecule has 3 aliphatic rings. The van der Waals surface area contributed by atoms with E-state index in [2.05, 4.69) is 10.5 Å². The molecule has 0 unspecified atom stereocenters. The number of methoxy groups -OCH3 is 1. The number of hydrogen-bond donors (Lipinski definition) is 4. The maximum Gasteiger partial charge on any atom is 0.265 e. The highest BCUT2D eigenvalue weighted by atomic mass is 19.1. The highest BCUT2D eigenvalue weighted by Crippen LogP contribution is 2.56. The van der Waals surface area contributed by atoms with Crippen molar-refractivity contribution >= 4 is 23.2 Å². The molecule has 42 heavy (non-hydrogen) atoms. The fourth-order valence-electron chi connectivity index (χ4n) is 6.43. The number of ketones is 2. The second-order valence-corrected chi connectivity index (χ2v) is 11.1. The van der Waals surface area contributed by atoms with Gasteiger partial charge in [0.2, 0.25) is 11.6 Å². The van der Waals surface area contributed by atoms with E-state index in [1.54, 1.807) is 19.0 Å². The van der Waals surface area contributed by atoms with Gasteiger partial charge in [0, 0.05) is 25.1 Å². The summed E-state index contributed by atoms with van der Waals surface area (Å²) in [5.41, 5.74) is -3.83. The number of aromatic nitrogens is 1. The number of amides is 1. The Balaban J connectivity index is 1.61. The van der Waals surface area contributed by atoms with E-state index >= 15 is 4.39 Å². The number of fused-ring (bicyclic) bond motifs is 4. The summed E-state index contributed by atoms with van der Waals surface area (Å²) in [5, 5.41) is 40.7. The van der Waals surface area contributed by atoms with E-state index in [4.69, 9.17) is 14.0 Å². The van der Waals surface area contributed by atoms with Crippen LogP contribution in [-0.2, 0) is 16.0 Å². The Morgan fingerprint density at radius 3 is 2.64 bits per heavy atom. The first kappa shape index (κ1) is 29.7. The van der Waals surface area contributed by atoms with Crippen molar-refractivity contribution in [3.8, 4) is 11.6 Å². The molecular formula is C29H34FN3O9. The van der Waals surface area contributed by atoms with Gasteiger partial charge in [0.25, 0.3) is 11.8 Å². The summed E-state index contributed by atoms with van der Waals surface area (Å²) in [4.78, 5) is 42.4. The summed E-state index contributed by atoms with van der Waals surface area (Å²) in [5.74, 6) is -7.18. The third kappa shape index (κ3) is 4.38. The van der Waals surface area contributed by atoms with E-state index in [1.165, 1.54) is 7.11 Å². The van der Waals surface area contributed by atoms with Gasteiger partial charge in [0.05, 0.1) is 24.8 Å². The number of Topliss-reactive ketones (excluding diaryl/α,β-unsaturated/α-hetero) is 2. The van der Waals surface area contributed by atoms with Crippen LogP contribution >= 0.6 is 0 Å². The number of carbonyl (C=O) groups excluding carboxylic acids is 3. The van der Waals surface area contributed by atoms with Gasteiger partial charge in [-0.25, -0.2) is 4.39 Å². The number of aliphatic hydroxyl groups is 2. The Labute approximate surface area is 241 Å².